The van der Waals surface area contributed by atoms with E-state index in [1.165, 1.54) is 0 Å². The zero-order valence-electron chi connectivity index (χ0n) is 17.7. The molecule has 160 valence electrons. The van der Waals surface area contributed by atoms with Crippen molar-refractivity contribution >= 4 is 28.6 Å². The summed E-state index contributed by atoms with van der Waals surface area (Å²) in [6.45, 7) is 5.35. The molecule has 8 heteroatoms. The largest absolute Gasteiger partial charge is 0.489 e. The number of hydrogen-bond donors (Lipinski definition) is 1. The lowest BCUT2D eigenvalue weighted by Gasteiger charge is -2.43. The molecule has 31 heavy (non-hydrogen) atoms. The molecule has 3 heterocycles. The Morgan fingerprint density at radius 1 is 1.26 bits per heavy atom. The standard InChI is InChI=1S/C23H24N4O4/c1-22(2,3)31-19(28)13-27-18-7-5-4-6-17(18)23(21(27)29)9-16(10-23)30-15-8-14-11-25-26-20(14)24-12-15/h4-8,11-12,16H,9-10,13H2,1-3H3,(H,24,25,26). The zero-order valence-corrected chi connectivity index (χ0v) is 17.7. The number of ether oxygens (including phenoxy) is 2. The van der Waals surface area contributed by atoms with Crippen molar-refractivity contribution in [2.45, 2.75) is 50.7 Å². The first kappa shape index (κ1) is 19.5. The highest BCUT2D eigenvalue weighted by Crippen LogP contribution is 2.54. The van der Waals surface area contributed by atoms with Crippen molar-refractivity contribution < 1.29 is 19.1 Å². The summed E-state index contributed by atoms with van der Waals surface area (Å²) in [5.74, 6) is 0.167. The third-order valence-corrected chi connectivity index (χ3v) is 5.79. The number of rotatable bonds is 4. The third kappa shape index (κ3) is 3.32. The molecule has 1 aliphatic heterocycles. The highest BCUT2D eigenvalue weighted by Gasteiger charge is 2.59. The maximum atomic E-state index is 13.4. The highest BCUT2D eigenvalue weighted by molar-refractivity contribution is 6.11. The fraction of sp³-hybridized carbons (Fsp3) is 0.391. The Morgan fingerprint density at radius 2 is 2.03 bits per heavy atom. The minimum Gasteiger partial charge on any atom is -0.489 e. The monoisotopic (exact) mass is 420 g/mol. The van der Waals surface area contributed by atoms with Crippen LogP contribution in [0.3, 0.4) is 0 Å². The number of benzene rings is 1. The number of nitrogens with one attached hydrogen (secondary N) is 1. The normalized spacial score (nSPS) is 22.5. The fourth-order valence-corrected chi connectivity index (χ4v) is 4.53. The van der Waals surface area contributed by atoms with Gasteiger partial charge in [-0.2, -0.15) is 5.10 Å². The van der Waals surface area contributed by atoms with E-state index in [0.29, 0.717) is 24.2 Å². The molecule has 1 aromatic carbocycles. The van der Waals surface area contributed by atoms with E-state index in [0.717, 1.165) is 16.6 Å². The van der Waals surface area contributed by atoms with Crippen LogP contribution in [0.1, 0.15) is 39.2 Å². The smallest absolute Gasteiger partial charge is 0.326 e. The van der Waals surface area contributed by atoms with Crippen molar-refractivity contribution in [1.29, 1.82) is 0 Å². The van der Waals surface area contributed by atoms with Crippen LogP contribution in [0, 0.1) is 0 Å². The Labute approximate surface area is 179 Å². The van der Waals surface area contributed by atoms with Crippen molar-refractivity contribution in [2.75, 3.05) is 11.4 Å². The van der Waals surface area contributed by atoms with E-state index in [1.807, 2.05) is 51.1 Å². The number of aromatic nitrogens is 3. The van der Waals surface area contributed by atoms with Gasteiger partial charge in [-0.25, -0.2) is 4.98 Å². The predicted octanol–water partition coefficient (Wildman–Crippen LogP) is 3.13. The molecular formula is C23H24N4O4. The molecule has 1 spiro atoms. The summed E-state index contributed by atoms with van der Waals surface area (Å²) >= 11 is 0. The summed E-state index contributed by atoms with van der Waals surface area (Å²) in [5.41, 5.74) is 1.17. The number of H-pyrrole nitrogens is 1. The Morgan fingerprint density at radius 3 is 2.81 bits per heavy atom. The number of carbonyl (C=O) groups excluding carboxylic acids is 2. The van der Waals surface area contributed by atoms with Gasteiger partial charge in [0, 0.05) is 23.9 Å². The van der Waals surface area contributed by atoms with Crippen LogP contribution >= 0.6 is 0 Å². The van der Waals surface area contributed by atoms with Crippen LogP contribution < -0.4 is 9.64 Å². The first-order chi connectivity index (χ1) is 14.7. The Bertz CT molecular complexity index is 1170. The molecule has 2 aromatic heterocycles. The van der Waals surface area contributed by atoms with Gasteiger partial charge in [-0.05, 0) is 38.5 Å². The van der Waals surface area contributed by atoms with E-state index in [2.05, 4.69) is 15.2 Å². The number of esters is 1. The van der Waals surface area contributed by atoms with Gasteiger partial charge in [0.05, 0.1) is 17.8 Å². The average molecular weight is 420 g/mol. The summed E-state index contributed by atoms with van der Waals surface area (Å²) in [6, 6.07) is 9.55. The molecule has 1 fully saturated rings. The maximum absolute atomic E-state index is 13.4. The number of anilines is 1. The van der Waals surface area contributed by atoms with Crippen LogP contribution in [-0.4, -0.2) is 45.3 Å². The second kappa shape index (κ2) is 6.80. The number of fused-ring (bicyclic) bond motifs is 3. The van der Waals surface area contributed by atoms with E-state index in [-0.39, 0.29) is 18.6 Å². The molecule has 5 rings (SSSR count). The second-order valence-corrected chi connectivity index (χ2v) is 9.20. The molecule has 3 aromatic rings. The van der Waals surface area contributed by atoms with Gasteiger partial charge in [0.1, 0.15) is 24.0 Å². The average Bonchev–Trinajstić information content (AvgIpc) is 3.23. The lowest BCUT2D eigenvalue weighted by atomic mass is 9.63. The van der Waals surface area contributed by atoms with Crippen LogP contribution in [0.25, 0.3) is 11.0 Å². The summed E-state index contributed by atoms with van der Waals surface area (Å²) in [6.07, 6.45) is 4.35. The van der Waals surface area contributed by atoms with Gasteiger partial charge < -0.3 is 14.4 Å². The number of nitrogens with zero attached hydrogens (tertiary/aromatic N) is 3. The Hall–Kier alpha value is -3.42. The summed E-state index contributed by atoms with van der Waals surface area (Å²) in [5, 5.41) is 7.66. The van der Waals surface area contributed by atoms with Crippen LogP contribution in [0.4, 0.5) is 5.69 Å². The molecule has 0 saturated heterocycles. The zero-order chi connectivity index (χ0) is 21.8. The first-order valence-corrected chi connectivity index (χ1v) is 10.3. The van der Waals surface area contributed by atoms with Gasteiger partial charge in [0.15, 0.2) is 5.65 Å². The third-order valence-electron chi connectivity index (χ3n) is 5.79. The van der Waals surface area contributed by atoms with Crippen LogP contribution in [0.2, 0.25) is 0 Å². The van der Waals surface area contributed by atoms with Gasteiger partial charge in [-0.15, -0.1) is 0 Å². The molecule has 0 radical (unpaired) electrons. The lowest BCUT2D eigenvalue weighted by molar-refractivity contribution is -0.154. The van der Waals surface area contributed by atoms with Crippen molar-refractivity contribution in [1.82, 2.24) is 15.2 Å². The fourth-order valence-electron chi connectivity index (χ4n) is 4.53. The predicted molar refractivity (Wildman–Crippen MR) is 114 cm³/mol. The molecule has 1 amide bonds. The van der Waals surface area contributed by atoms with Crippen LogP contribution in [-0.2, 0) is 19.7 Å². The number of carbonyl (C=O) groups is 2. The highest BCUT2D eigenvalue weighted by atomic mass is 16.6. The molecule has 0 atom stereocenters. The molecular weight excluding hydrogens is 396 g/mol. The topological polar surface area (TPSA) is 97.4 Å². The second-order valence-electron chi connectivity index (χ2n) is 9.20. The van der Waals surface area contributed by atoms with Gasteiger partial charge in [0.25, 0.3) is 0 Å². The number of aromatic amines is 1. The minimum absolute atomic E-state index is 0.0668. The van der Waals surface area contributed by atoms with E-state index in [4.69, 9.17) is 9.47 Å². The summed E-state index contributed by atoms with van der Waals surface area (Å²) < 4.78 is 11.5. The Kier molecular flexibility index (Phi) is 4.28. The maximum Gasteiger partial charge on any atom is 0.326 e. The van der Waals surface area contributed by atoms with Gasteiger partial charge in [-0.3, -0.25) is 14.7 Å². The first-order valence-electron chi connectivity index (χ1n) is 10.3. The number of pyridine rings is 1. The van der Waals surface area contributed by atoms with Crippen LogP contribution in [0.5, 0.6) is 5.75 Å². The SMILES string of the molecule is CC(C)(C)OC(=O)CN1C(=O)C2(CC(Oc3cnc4[nH]ncc4c3)C2)c2ccccc21. The minimum atomic E-state index is -0.656. The summed E-state index contributed by atoms with van der Waals surface area (Å²) in [7, 11) is 0. The van der Waals surface area contributed by atoms with E-state index in [1.54, 1.807) is 17.3 Å². The van der Waals surface area contributed by atoms with Crippen LogP contribution in [0.15, 0.2) is 42.7 Å². The van der Waals surface area contributed by atoms with Gasteiger partial charge in [0.2, 0.25) is 5.91 Å². The molecule has 2 aliphatic rings. The van der Waals surface area contributed by atoms with Gasteiger partial charge in [-0.1, -0.05) is 18.2 Å². The van der Waals surface area contributed by atoms with E-state index in [9.17, 15) is 9.59 Å². The van der Waals surface area contributed by atoms with Crippen molar-refractivity contribution in [3.63, 3.8) is 0 Å². The number of hydrogen-bond acceptors (Lipinski definition) is 6. The van der Waals surface area contributed by atoms with Crippen molar-refractivity contribution in [2.24, 2.45) is 0 Å². The molecule has 1 N–H and O–H groups in total. The van der Waals surface area contributed by atoms with Crippen molar-refractivity contribution in [3.8, 4) is 5.75 Å². The Balaban J connectivity index is 1.34. The van der Waals surface area contributed by atoms with E-state index >= 15 is 0 Å². The van der Waals surface area contributed by atoms with E-state index < -0.39 is 17.0 Å². The van der Waals surface area contributed by atoms with Crippen molar-refractivity contribution in [3.05, 3.63) is 48.3 Å². The molecule has 1 saturated carbocycles. The lowest BCUT2D eigenvalue weighted by Crippen LogP contribution is -2.54. The number of para-hydroxylation sites is 1. The quantitative estimate of drug-likeness (QED) is 0.652. The molecule has 8 nitrogen and oxygen atoms in total. The summed E-state index contributed by atoms with van der Waals surface area (Å²) in [4.78, 5) is 31.7. The molecule has 0 bridgehead atoms. The molecule has 0 unspecified atom stereocenters. The molecule has 1 aliphatic carbocycles. The van der Waals surface area contributed by atoms with Gasteiger partial charge >= 0.3 is 5.97 Å². The number of amides is 1.